The van der Waals surface area contributed by atoms with Gasteiger partial charge in [-0.05, 0) is 71.1 Å². The number of carbonyl (C=O) groups excluding carboxylic acids is 2. The van der Waals surface area contributed by atoms with Gasteiger partial charge >= 0.3 is 0 Å². The molecule has 2 amide bonds. The Morgan fingerprint density at radius 3 is 2.53 bits per heavy atom. The van der Waals surface area contributed by atoms with E-state index < -0.39 is 17.3 Å². The van der Waals surface area contributed by atoms with Crippen molar-refractivity contribution < 1.29 is 14.0 Å². The second-order valence-electron chi connectivity index (χ2n) is 7.96. The first-order valence-corrected chi connectivity index (χ1v) is 10.7. The molecule has 2 aliphatic heterocycles. The number of anilines is 1. The van der Waals surface area contributed by atoms with Crippen molar-refractivity contribution in [3.05, 3.63) is 105 Å². The molecule has 1 spiro atoms. The smallest absolute Gasteiger partial charge is 0.244 e. The van der Waals surface area contributed by atoms with Gasteiger partial charge in [-0.1, -0.05) is 47.5 Å². The molecule has 0 saturated carbocycles. The van der Waals surface area contributed by atoms with Crippen molar-refractivity contribution >= 4 is 46.3 Å². The largest absolute Gasteiger partial charge is 0.344 e. The molecule has 2 unspecified atom stereocenters. The molecule has 3 aromatic carbocycles. The first-order valence-electron chi connectivity index (χ1n) is 9.97. The van der Waals surface area contributed by atoms with Crippen LogP contribution in [0.2, 0.25) is 10.0 Å². The Kier molecular flexibility index (Phi) is 4.84. The van der Waals surface area contributed by atoms with E-state index in [-0.39, 0.29) is 11.8 Å². The van der Waals surface area contributed by atoms with Gasteiger partial charge < -0.3 is 10.6 Å². The van der Waals surface area contributed by atoms with Crippen molar-refractivity contribution in [2.75, 3.05) is 5.32 Å². The highest BCUT2D eigenvalue weighted by Crippen LogP contribution is 2.56. The first-order chi connectivity index (χ1) is 15.3. The fourth-order valence-electron chi connectivity index (χ4n) is 4.75. The van der Waals surface area contributed by atoms with Crippen LogP contribution in [0.1, 0.15) is 28.3 Å². The van der Waals surface area contributed by atoms with Gasteiger partial charge in [-0.15, -0.1) is 0 Å². The number of hydrogen-bond acceptors (Lipinski definition) is 2. The van der Waals surface area contributed by atoms with Crippen molar-refractivity contribution in [3.63, 3.8) is 0 Å². The highest BCUT2D eigenvalue weighted by Gasteiger charge is 2.58. The molecule has 2 atom stereocenters. The molecule has 5 rings (SSSR count). The fourth-order valence-corrected chi connectivity index (χ4v) is 5.12. The molecule has 3 aromatic rings. The maximum absolute atomic E-state index is 14.3. The van der Waals surface area contributed by atoms with E-state index in [0.29, 0.717) is 38.0 Å². The van der Waals surface area contributed by atoms with E-state index in [0.717, 1.165) is 5.56 Å². The lowest BCUT2D eigenvalue weighted by Gasteiger charge is -2.42. The predicted molar refractivity (Wildman–Crippen MR) is 123 cm³/mol. The minimum Gasteiger partial charge on any atom is -0.344 e. The molecule has 0 aromatic heterocycles. The third kappa shape index (κ3) is 3.04. The lowest BCUT2D eigenvalue weighted by Crippen LogP contribution is -2.52. The number of aryl methyl sites for hydroxylation is 1. The molecule has 7 heteroatoms. The predicted octanol–water partition coefficient (Wildman–Crippen LogP) is 5.59. The van der Waals surface area contributed by atoms with Crippen LogP contribution in [0.25, 0.3) is 5.57 Å². The maximum atomic E-state index is 14.3. The summed E-state index contributed by atoms with van der Waals surface area (Å²) in [7, 11) is 0. The molecule has 32 heavy (non-hydrogen) atoms. The Bertz CT molecular complexity index is 1340. The van der Waals surface area contributed by atoms with E-state index in [9.17, 15) is 14.0 Å². The van der Waals surface area contributed by atoms with Gasteiger partial charge in [0.15, 0.2) is 0 Å². The van der Waals surface area contributed by atoms with Gasteiger partial charge in [0.1, 0.15) is 11.2 Å². The van der Waals surface area contributed by atoms with Crippen LogP contribution in [-0.2, 0) is 15.0 Å². The topological polar surface area (TPSA) is 58.2 Å². The van der Waals surface area contributed by atoms with Gasteiger partial charge in [-0.25, -0.2) is 4.39 Å². The first kappa shape index (κ1) is 20.7. The van der Waals surface area contributed by atoms with Crippen molar-refractivity contribution in [3.8, 4) is 0 Å². The van der Waals surface area contributed by atoms with Gasteiger partial charge in [-0.3, -0.25) is 9.59 Å². The van der Waals surface area contributed by atoms with Gasteiger partial charge in [0, 0.05) is 21.8 Å². The zero-order valence-corrected chi connectivity index (χ0v) is 18.4. The molecular weight excluding hydrogens is 450 g/mol. The standard InChI is InChI=1S/C25H17Cl2FN2O2/c1-13-5-7-17(28)11-18(13)23-25(19-8-6-16(27)10-21(19)29-24(25)32)20(12-22(31)30-23)14-3-2-4-15(26)9-14/h2-12,23H,1H3,(H,29,32)(H,30,31). The number of halogens is 3. The van der Waals surface area contributed by atoms with E-state index in [1.807, 2.05) is 6.92 Å². The molecule has 2 heterocycles. The normalized spacial score (nSPS) is 21.8. The molecule has 0 saturated heterocycles. The molecule has 0 aliphatic carbocycles. The van der Waals surface area contributed by atoms with Crippen molar-refractivity contribution in [1.29, 1.82) is 0 Å². The molecule has 0 radical (unpaired) electrons. The number of nitrogens with one attached hydrogen (secondary N) is 2. The van der Waals surface area contributed by atoms with E-state index in [2.05, 4.69) is 10.6 Å². The highest BCUT2D eigenvalue weighted by atomic mass is 35.5. The summed E-state index contributed by atoms with van der Waals surface area (Å²) in [6.45, 7) is 1.82. The summed E-state index contributed by atoms with van der Waals surface area (Å²) in [6.07, 6.45) is 1.42. The van der Waals surface area contributed by atoms with Gasteiger partial charge in [0.25, 0.3) is 0 Å². The van der Waals surface area contributed by atoms with Crippen LogP contribution >= 0.6 is 23.2 Å². The minimum absolute atomic E-state index is 0.338. The SMILES string of the molecule is Cc1ccc(F)cc1C1NC(=O)C=C(c2cccc(Cl)c2)C12C(=O)Nc1cc(Cl)ccc12. The molecule has 160 valence electrons. The summed E-state index contributed by atoms with van der Waals surface area (Å²) in [5.41, 5.74) is 2.22. The van der Waals surface area contributed by atoms with E-state index >= 15 is 0 Å². The third-order valence-electron chi connectivity index (χ3n) is 6.12. The average Bonchev–Trinajstić information content (AvgIpc) is 3.02. The van der Waals surface area contributed by atoms with Crippen LogP contribution in [0.4, 0.5) is 10.1 Å². The van der Waals surface area contributed by atoms with Crippen LogP contribution in [-0.4, -0.2) is 11.8 Å². The lowest BCUT2D eigenvalue weighted by atomic mass is 9.63. The molecular formula is C25H17Cl2FN2O2. The number of benzene rings is 3. The number of fused-ring (bicyclic) bond motifs is 2. The van der Waals surface area contributed by atoms with Crippen molar-refractivity contribution in [2.24, 2.45) is 0 Å². The van der Waals surface area contributed by atoms with Crippen LogP contribution in [0.15, 0.2) is 66.7 Å². The number of carbonyl (C=O) groups is 2. The fraction of sp³-hybridized carbons (Fsp3) is 0.120. The summed E-state index contributed by atoms with van der Waals surface area (Å²) in [5.74, 6) is -1.17. The number of amides is 2. The van der Waals surface area contributed by atoms with E-state index in [4.69, 9.17) is 23.2 Å². The Hall–Kier alpha value is -3.15. The van der Waals surface area contributed by atoms with E-state index in [1.54, 1.807) is 48.5 Å². The molecule has 2 aliphatic rings. The van der Waals surface area contributed by atoms with Crippen LogP contribution in [0.5, 0.6) is 0 Å². The molecule has 0 fully saturated rings. The van der Waals surface area contributed by atoms with Crippen molar-refractivity contribution in [2.45, 2.75) is 18.4 Å². The lowest BCUT2D eigenvalue weighted by molar-refractivity contribution is -0.122. The summed E-state index contributed by atoms with van der Waals surface area (Å²) in [5, 5.41) is 6.78. The van der Waals surface area contributed by atoms with E-state index in [1.165, 1.54) is 18.2 Å². The second-order valence-corrected chi connectivity index (χ2v) is 8.84. The highest BCUT2D eigenvalue weighted by molar-refractivity contribution is 6.32. The molecule has 2 N–H and O–H groups in total. The zero-order valence-electron chi connectivity index (χ0n) is 16.9. The Balaban J connectivity index is 1.87. The molecule has 4 nitrogen and oxygen atoms in total. The zero-order chi connectivity index (χ0) is 22.6. The maximum Gasteiger partial charge on any atom is 0.244 e. The molecule has 0 bridgehead atoms. The second kappa shape index (κ2) is 7.47. The monoisotopic (exact) mass is 466 g/mol. The summed E-state index contributed by atoms with van der Waals surface area (Å²) >= 11 is 12.4. The van der Waals surface area contributed by atoms with Gasteiger partial charge in [-0.2, -0.15) is 0 Å². The van der Waals surface area contributed by atoms with Gasteiger partial charge in [0.05, 0.1) is 6.04 Å². The van der Waals surface area contributed by atoms with Crippen LogP contribution in [0.3, 0.4) is 0 Å². The number of rotatable bonds is 2. The van der Waals surface area contributed by atoms with Gasteiger partial charge in [0.2, 0.25) is 11.8 Å². The quantitative estimate of drug-likeness (QED) is 0.517. The van der Waals surface area contributed by atoms with Crippen LogP contribution < -0.4 is 10.6 Å². The average molecular weight is 467 g/mol. The Morgan fingerprint density at radius 1 is 0.969 bits per heavy atom. The summed E-state index contributed by atoms with van der Waals surface area (Å²) in [6, 6.07) is 15.6. The Labute approximate surface area is 194 Å². The third-order valence-corrected chi connectivity index (χ3v) is 6.59. The number of hydrogen-bond donors (Lipinski definition) is 2. The van der Waals surface area contributed by atoms with Crippen molar-refractivity contribution in [1.82, 2.24) is 5.32 Å². The minimum atomic E-state index is -1.35. The Morgan fingerprint density at radius 2 is 1.75 bits per heavy atom. The summed E-state index contributed by atoms with van der Waals surface area (Å²) in [4.78, 5) is 26.7. The van der Waals surface area contributed by atoms with Crippen LogP contribution in [0, 0.1) is 12.7 Å². The summed E-state index contributed by atoms with van der Waals surface area (Å²) < 4.78 is 14.3.